The van der Waals surface area contributed by atoms with Gasteiger partial charge in [0.15, 0.2) is 0 Å². The lowest BCUT2D eigenvalue weighted by atomic mass is 9.88. The van der Waals surface area contributed by atoms with E-state index < -0.39 is 5.60 Å². The molecular weight excluding hydrogens is 267 g/mol. The van der Waals surface area contributed by atoms with Crippen LogP contribution < -0.4 is 4.74 Å². The highest BCUT2D eigenvalue weighted by atomic mass is 19.1. The van der Waals surface area contributed by atoms with E-state index in [1.165, 1.54) is 12.1 Å². The van der Waals surface area contributed by atoms with E-state index in [9.17, 15) is 9.50 Å². The van der Waals surface area contributed by atoms with Crippen LogP contribution in [0.5, 0.6) is 5.75 Å². The largest absolute Gasteiger partial charge is 0.491 e. The molecule has 0 bridgehead atoms. The Morgan fingerprint density at radius 2 is 1.86 bits per heavy atom. The van der Waals surface area contributed by atoms with Crippen LogP contribution in [0.25, 0.3) is 0 Å². The molecule has 0 aromatic heterocycles. The van der Waals surface area contributed by atoms with E-state index >= 15 is 0 Å². The Bertz CT molecular complexity index is 649. The van der Waals surface area contributed by atoms with Gasteiger partial charge in [-0.1, -0.05) is 18.2 Å². The second-order valence-electron chi connectivity index (χ2n) is 5.85. The topological polar surface area (TPSA) is 29.5 Å². The van der Waals surface area contributed by atoms with Crippen molar-refractivity contribution in [2.45, 2.75) is 38.4 Å². The molecule has 0 amide bonds. The van der Waals surface area contributed by atoms with E-state index in [0.717, 1.165) is 22.4 Å². The normalized spacial score (nSPS) is 20.6. The number of rotatable bonds is 3. The van der Waals surface area contributed by atoms with Gasteiger partial charge in [0, 0.05) is 0 Å². The maximum Gasteiger partial charge on any atom is 0.123 e. The minimum Gasteiger partial charge on any atom is -0.491 e. The fourth-order valence-electron chi connectivity index (χ4n) is 3.00. The summed E-state index contributed by atoms with van der Waals surface area (Å²) in [5.41, 5.74) is 1.49. The Morgan fingerprint density at radius 1 is 1.14 bits per heavy atom. The number of aryl methyl sites for hydroxylation is 1. The highest BCUT2D eigenvalue weighted by Gasteiger charge is 2.38. The van der Waals surface area contributed by atoms with Crippen LogP contribution in [0.1, 0.15) is 37.0 Å². The van der Waals surface area contributed by atoms with Crippen LogP contribution in [0.15, 0.2) is 42.5 Å². The number of halogens is 1. The minimum atomic E-state index is -1.03. The van der Waals surface area contributed by atoms with Crippen LogP contribution in [0, 0.1) is 5.82 Å². The SMILES string of the molecule is CC(C)Oc1ccc(C2(O)CCc3cc(F)ccc32)cc1. The third-order valence-corrected chi connectivity index (χ3v) is 3.97. The fourth-order valence-corrected chi connectivity index (χ4v) is 3.00. The molecular formula is C18H19FO2. The zero-order chi connectivity index (χ0) is 15.0. The predicted octanol–water partition coefficient (Wildman–Crippen LogP) is 3.80. The molecule has 1 N–H and O–H groups in total. The van der Waals surface area contributed by atoms with E-state index in [0.29, 0.717) is 12.8 Å². The average molecular weight is 286 g/mol. The van der Waals surface area contributed by atoms with E-state index in [1.54, 1.807) is 6.07 Å². The summed E-state index contributed by atoms with van der Waals surface area (Å²) in [6.07, 6.45) is 1.39. The average Bonchev–Trinajstić information content (AvgIpc) is 2.77. The molecule has 3 heteroatoms. The summed E-state index contributed by atoms with van der Waals surface area (Å²) in [5.74, 6) is 0.536. The number of hydrogen-bond acceptors (Lipinski definition) is 2. The Hall–Kier alpha value is -1.87. The summed E-state index contributed by atoms with van der Waals surface area (Å²) in [6.45, 7) is 3.95. The lowest BCUT2D eigenvalue weighted by molar-refractivity contribution is 0.0828. The van der Waals surface area contributed by atoms with Gasteiger partial charge in [0.2, 0.25) is 0 Å². The van der Waals surface area contributed by atoms with E-state index in [1.807, 2.05) is 38.1 Å². The van der Waals surface area contributed by atoms with Crippen molar-refractivity contribution in [3.63, 3.8) is 0 Å². The molecule has 1 aliphatic carbocycles. The van der Waals surface area contributed by atoms with Gasteiger partial charge < -0.3 is 9.84 Å². The summed E-state index contributed by atoms with van der Waals surface area (Å²) in [7, 11) is 0. The van der Waals surface area contributed by atoms with E-state index in [-0.39, 0.29) is 11.9 Å². The maximum atomic E-state index is 13.3. The molecule has 110 valence electrons. The first-order chi connectivity index (χ1) is 9.99. The van der Waals surface area contributed by atoms with Crippen LogP contribution in [0.3, 0.4) is 0 Å². The number of benzene rings is 2. The monoisotopic (exact) mass is 286 g/mol. The zero-order valence-corrected chi connectivity index (χ0v) is 12.3. The molecule has 0 saturated heterocycles. The first kappa shape index (κ1) is 14.1. The number of ether oxygens (including phenoxy) is 1. The number of fused-ring (bicyclic) bond motifs is 1. The van der Waals surface area contributed by atoms with Gasteiger partial charge in [0.25, 0.3) is 0 Å². The van der Waals surface area contributed by atoms with Crippen LogP contribution in [-0.2, 0) is 12.0 Å². The molecule has 0 aliphatic heterocycles. The second kappa shape index (κ2) is 5.15. The molecule has 1 atom stereocenters. The Kier molecular flexibility index (Phi) is 3.46. The summed E-state index contributed by atoms with van der Waals surface area (Å²) in [5, 5.41) is 11.0. The third kappa shape index (κ3) is 2.54. The van der Waals surface area contributed by atoms with E-state index in [2.05, 4.69) is 0 Å². The Morgan fingerprint density at radius 3 is 2.52 bits per heavy atom. The van der Waals surface area contributed by atoms with Gasteiger partial charge in [0.1, 0.15) is 17.2 Å². The smallest absolute Gasteiger partial charge is 0.123 e. The quantitative estimate of drug-likeness (QED) is 0.930. The fraction of sp³-hybridized carbons (Fsp3) is 0.333. The van der Waals surface area contributed by atoms with Crippen molar-refractivity contribution < 1.29 is 14.2 Å². The molecule has 0 radical (unpaired) electrons. The van der Waals surface area contributed by atoms with Gasteiger partial charge in [-0.15, -0.1) is 0 Å². The molecule has 3 rings (SSSR count). The van der Waals surface area contributed by atoms with Crippen LogP contribution in [0.2, 0.25) is 0 Å². The lowest BCUT2D eigenvalue weighted by Gasteiger charge is -2.25. The summed E-state index contributed by atoms with van der Waals surface area (Å²) in [4.78, 5) is 0. The molecule has 2 nitrogen and oxygen atoms in total. The van der Waals surface area contributed by atoms with Gasteiger partial charge in [-0.3, -0.25) is 0 Å². The highest BCUT2D eigenvalue weighted by molar-refractivity contribution is 5.46. The van der Waals surface area contributed by atoms with Gasteiger partial charge in [-0.05, 0) is 67.6 Å². The van der Waals surface area contributed by atoms with Crippen molar-refractivity contribution in [2.24, 2.45) is 0 Å². The molecule has 2 aromatic carbocycles. The standard InChI is InChI=1S/C18H19FO2/c1-12(2)21-16-6-3-14(4-7-16)18(20)10-9-13-11-15(19)5-8-17(13)18/h3-8,11-12,20H,9-10H2,1-2H3. The first-order valence-corrected chi connectivity index (χ1v) is 7.27. The maximum absolute atomic E-state index is 13.3. The molecule has 21 heavy (non-hydrogen) atoms. The lowest BCUT2D eigenvalue weighted by Crippen LogP contribution is -2.23. The molecule has 2 aromatic rings. The van der Waals surface area contributed by atoms with Crippen LogP contribution >= 0.6 is 0 Å². The van der Waals surface area contributed by atoms with Gasteiger partial charge in [0.05, 0.1) is 6.10 Å². The highest BCUT2D eigenvalue weighted by Crippen LogP contribution is 2.42. The molecule has 1 unspecified atom stereocenters. The molecule has 0 fully saturated rings. The molecule has 0 saturated carbocycles. The summed E-state index contributed by atoms with van der Waals surface area (Å²) in [6, 6.07) is 12.1. The molecule has 1 aliphatic rings. The van der Waals surface area contributed by atoms with Crippen molar-refractivity contribution in [1.82, 2.24) is 0 Å². The number of aliphatic hydroxyl groups is 1. The van der Waals surface area contributed by atoms with Crippen molar-refractivity contribution in [3.05, 3.63) is 65.0 Å². The van der Waals surface area contributed by atoms with Crippen molar-refractivity contribution >= 4 is 0 Å². The van der Waals surface area contributed by atoms with E-state index in [4.69, 9.17) is 4.74 Å². The Labute approximate surface area is 124 Å². The van der Waals surface area contributed by atoms with Crippen LogP contribution in [-0.4, -0.2) is 11.2 Å². The zero-order valence-electron chi connectivity index (χ0n) is 12.3. The van der Waals surface area contributed by atoms with Gasteiger partial charge >= 0.3 is 0 Å². The van der Waals surface area contributed by atoms with Crippen LogP contribution in [0.4, 0.5) is 4.39 Å². The minimum absolute atomic E-state index is 0.120. The number of hydrogen-bond donors (Lipinski definition) is 1. The Balaban J connectivity index is 1.94. The molecule has 0 spiro atoms. The summed E-state index contributed by atoms with van der Waals surface area (Å²) < 4.78 is 18.9. The predicted molar refractivity (Wildman–Crippen MR) is 79.9 cm³/mol. The van der Waals surface area contributed by atoms with Crippen molar-refractivity contribution in [1.29, 1.82) is 0 Å². The van der Waals surface area contributed by atoms with Gasteiger partial charge in [-0.2, -0.15) is 0 Å². The summed E-state index contributed by atoms with van der Waals surface area (Å²) >= 11 is 0. The van der Waals surface area contributed by atoms with Crippen molar-refractivity contribution in [3.8, 4) is 5.75 Å². The first-order valence-electron chi connectivity index (χ1n) is 7.27. The third-order valence-electron chi connectivity index (χ3n) is 3.97. The molecule has 0 heterocycles. The van der Waals surface area contributed by atoms with Gasteiger partial charge in [-0.25, -0.2) is 4.39 Å². The van der Waals surface area contributed by atoms with Crippen molar-refractivity contribution in [2.75, 3.05) is 0 Å². The second-order valence-corrected chi connectivity index (χ2v) is 5.85.